The number of benzene rings is 2. The first-order chi connectivity index (χ1) is 12.7. The molecule has 1 spiro atoms. The van der Waals surface area contributed by atoms with E-state index in [2.05, 4.69) is 12.2 Å². The van der Waals surface area contributed by atoms with Gasteiger partial charge in [-0.05, 0) is 71.9 Å². The molecule has 0 aliphatic heterocycles. The van der Waals surface area contributed by atoms with Gasteiger partial charge in [0, 0.05) is 5.41 Å². The van der Waals surface area contributed by atoms with Crippen molar-refractivity contribution >= 4 is 21.0 Å². The molecule has 0 unspecified atom stereocenters. The van der Waals surface area contributed by atoms with Gasteiger partial charge in [0.2, 0.25) is 9.84 Å². The molecule has 2 aromatic rings. The van der Waals surface area contributed by atoms with E-state index < -0.39 is 20.5 Å². The molecular weight excluding hydrogens is 373 g/mol. The zero-order valence-electron chi connectivity index (χ0n) is 14.5. The lowest BCUT2D eigenvalue weighted by molar-refractivity contribution is 0.234. The van der Waals surface area contributed by atoms with Crippen molar-refractivity contribution in [1.29, 1.82) is 0 Å². The van der Waals surface area contributed by atoms with E-state index in [0.717, 1.165) is 35.1 Å². The molecule has 6 heteroatoms. The second-order valence-electron chi connectivity index (χ2n) is 7.14. The minimum absolute atomic E-state index is 0.000673. The highest BCUT2D eigenvalue weighted by Crippen LogP contribution is 2.57. The van der Waals surface area contributed by atoms with Crippen molar-refractivity contribution in [3.8, 4) is 0 Å². The van der Waals surface area contributed by atoms with E-state index in [9.17, 15) is 21.6 Å². The molecule has 140 valence electrons. The van der Waals surface area contributed by atoms with Crippen LogP contribution >= 0.6 is 0 Å². The van der Waals surface area contributed by atoms with Crippen molar-refractivity contribution in [2.24, 2.45) is 5.41 Å². The molecule has 0 N–H and O–H groups in total. The SMILES string of the molecule is Cc1cc(C2=CC3(C=C2c2ccc(S(=O)(=O)C(F)F)cc2)CC3)ccc1F. The van der Waals surface area contributed by atoms with Crippen LogP contribution in [0.3, 0.4) is 0 Å². The highest BCUT2D eigenvalue weighted by Gasteiger charge is 2.43. The standard InChI is InChI=1S/C21H17F3O2S/c1-13-10-15(4-7-19(13)22)18-12-21(8-9-21)11-17(18)14-2-5-16(6-3-14)27(25,26)20(23)24/h2-7,10-12,20H,8-9H2,1H3. The lowest BCUT2D eigenvalue weighted by Crippen LogP contribution is -2.11. The van der Waals surface area contributed by atoms with Crippen molar-refractivity contribution < 1.29 is 21.6 Å². The predicted molar refractivity (Wildman–Crippen MR) is 98.4 cm³/mol. The number of allylic oxidation sites excluding steroid dienone is 4. The maximum absolute atomic E-state index is 13.6. The number of halogens is 3. The molecule has 2 aliphatic carbocycles. The monoisotopic (exact) mass is 390 g/mol. The van der Waals surface area contributed by atoms with Crippen molar-refractivity contribution in [2.75, 3.05) is 0 Å². The Labute approximate surface area is 156 Å². The van der Waals surface area contributed by atoms with E-state index in [1.807, 2.05) is 0 Å². The van der Waals surface area contributed by atoms with Gasteiger partial charge in [-0.3, -0.25) is 0 Å². The number of hydrogen-bond donors (Lipinski definition) is 0. The molecule has 0 radical (unpaired) electrons. The average molecular weight is 390 g/mol. The Hall–Kier alpha value is -2.34. The summed E-state index contributed by atoms with van der Waals surface area (Å²) in [6.45, 7) is 1.70. The number of sulfone groups is 1. The summed E-state index contributed by atoms with van der Waals surface area (Å²) in [5.74, 6) is -3.72. The Kier molecular flexibility index (Phi) is 4.07. The van der Waals surface area contributed by atoms with E-state index in [1.54, 1.807) is 31.2 Å². The quantitative estimate of drug-likeness (QED) is 0.701. The summed E-state index contributed by atoms with van der Waals surface area (Å²) >= 11 is 0. The Balaban J connectivity index is 1.74. The fraction of sp³-hybridized carbons (Fsp3) is 0.238. The van der Waals surface area contributed by atoms with E-state index in [0.29, 0.717) is 5.56 Å². The molecule has 27 heavy (non-hydrogen) atoms. The van der Waals surface area contributed by atoms with Gasteiger partial charge >= 0.3 is 5.76 Å². The summed E-state index contributed by atoms with van der Waals surface area (Å²) in [5.41, 5.74) is 4.05. The second kappa shape index (κ2) is 6.09. The van der Waals surface area contributed by atoms with E-state index in [1.165, 1.54) is 18.2 Å². The van der Waals surface area contributed by atoms with Crippen molar-refractivity contribution in [1.82, 2.24) is 0 Å². The smallest absolute Gasteiger partial charge is 0.218 e. The van der Waals surface area contributed by atoms with Gasteiger partial charge < -0.3 is 0 Å². The topological polar surface area (TPSA) is 34.1 Å². The van der Waals surface area contributed by atoms with E-state index in [-0.39, 0.29) is 11.2 Å². The van der Waals surface area contributed by atoms with Crippen LogP contribution < -0.4 is 0 Å². The molecule has 0 atom stereocenters. The summed E-state index contributed by atoms with van der Waals surface area (Å²) in [6.07, 6.45) is 6.35. The summed E-state index contributed by atoms with van der Waals surface area (Å²) in [7, 11) is -4.61. The average Bonchev–Trinajstić information content (AvgIpc) is 3.28. The molecule has 0 aromatic heterocycles. The molecule has 0 bridgehead atoms. The minimum Gasteiger partial charge on any atom is -0.218 e. The molecule has 4 rings (SSSR count). The minimum atomic E-state index is -4.61. The highest BCUT2D eigenvalue weighted by molar-refractivity contribution is 7.91. The van der Waals surface area contributed by atoms with Crippen LogP contribution in [0.2, 0.25) is 0 Å². The van der Waals surface area contributed by atoms with Crippen LogP contribution in [-0.4, -0.2) is 14.2 Å². The summed E-state index contributed by atoms with van der Waals surface area (Å²) in [4.78, 5) is -0.399. The maximum Gasteiger partial charge on any atom is 0.341 e. The van der Waals surface area contributed by atoms with Crippen LogP contribution in [0.4, 0.5) is 13.2 Å². The van der Waals surface area contributed by atoms with Gasteiger partial charge in [-0.1, -0.05) is 30.4 Å². The van der Waals surface area contributed by atoms with Crippen molar-refractivity contribution in [3.05, 3.63) is 77.1 Å². The summed E-state index contributed by atoms with van der Waals surface area (Å²) in [6, 6.07) is 10.5. The number of aryl methyl sites for hydroxylation is 1. The number of rotatable bonds is 4. The predicted octanol–water partition coefficient (Wildman–Crippen LogP) is 5.39. The molecule has 0 heterocycles. The van der Waals surface area contributed by atoms with Gasteiger partial charge in [0.25, 0.3) is 0 Å². The van der Waals surface area contributed by atoms with Gasteiger partial charge in [-0.2, -0.15) is 8.78 Å². The number of hydrogen-bond acceptors (Lipinski definition) is 2. The fourth-order valence-electron chi connectivity index (χ4n) is 3.42. The van der Waals surface area contributed by atoms with Gasteiger partial charge in [0.05, 0.1) is 4.90 Å². The highest BCUT2D eigenvalue weighted by atomic mass is 32.2. The Morgan fingerprint density at radius 3 is 2.00 bits per heavy atom. The molecular formula is C21H17F3O2S. The molecule has 0 saturated heterocycles. The first-order valence-corrected chi connectivity index (χ1v) is 10.1. The maximum atomic E-state index is 13.6. The zero-order valence-corrected chi connectivity index (χ0v) is 15.4. The lowest BCUT2D eigenvalue weighted by atomic mass is 9.94. The molecule has 2 nitrogen and oxygen atoms in total. The van der Waals surface area contributed by atoms with E-state index >= 15 is 0 Å². The molecule has 0 amide bonds. The van der Waals surface area contributed by atoms with Crippen molar-refractivity contribution in [2.45, 2.75) is 30.4 Å². The van der Waals surface area contributed by atoms with Crippen molar-refractivity contribution in [3.63, 3.8) is 0 Å². The Morgan fingerprint density at radius 1 is 0.926 bits per heavy atom. The molecule has 2 aliphatic rings. The van der Waals surface area contributed by atoms with Crippen LogP contribution in [0.1, 0.15) is 29.5 Å². The Bertz CT molecular complexity index is 1080. The normalized spacial score (nSPS) is 18.0. The first kappa shape index (κ1) is 18.0. The third-order valence-corrected chi connectivity index (χ3v) is 6.58. The fourth-order valence-corrected chi connectivity index (χ4v) is 4.14. The second-order valence-corrected chi connectivity index (χ2v) is 9.06. The van der Waals surface area contributed by atoms with Gasteiger partial charge in [-0.15, -0.1) is 0 Å². The first-order valence-electron chi connectivity index (χ1n) is 8.57. The summed E-state index contributed by atoms with van der Waals surface area (Å²) < 4.78 is 62.3. The van der Waals surface area contributed by atoms with Crippen LogP contribution in [0, 0.1) is 18.2 Å². The van der Waals surface area contributed by atoms with Crippen LogP contribution in [-0.2, 0) is 9.84 Å². The molecule has 1 saturated carbocycles. The molecule has 2 aromatic carbocycles. The van der Waals surface area contributed by atoms with Gasteiger partial charge in [0.15, 0.2) is 0 Å². The van der Waals surface area contributed by atoms with E-state index in [4.69, 9.17) is 0 Å². The van der Waals surface area contributed by atoms with Crippen LogP contribution in [0.5, 0.6) is 0 Å². The third-order valence-electron chi connectivity index (χ3n) is 5.18. The lowest BCUT2D eigenvalue weighted by Gasteiger charge is -2.12. The largest absolute Gasteiger partial charge is 0.341 e. The van der Waals surface area contributed by atoms with Gasteiger partial charge in [0.1, 0.15) is 5.82 Å². The molecule has 1 fully saturated rings. The van der Waals surface area contributed by atoms with Crippen LogP contribution in [0.15, 0.2) is 59.5 Å². The van der Waals surface area contributed by atoms with Gasteiger partial charge in [-0.25, -0.2) is 12.8 Å². The number of alkyl halides is 2. The Morgan fingerprint density at radius 2 is 1.48 bits per heavy atom. The summed E-state index contributed by atoms with van der Waals surface area (Å²) in [5, 5.41) is 0. The third kappa shape index (κ3) is 3.12. The van der Waals surface area contributed by atoms with Crippen LogP contribution in [0.25, 0.3) is 11.1 Å². The zero-order chi connectivity index (χ0) is 19.4.